The first-order chi connectivity index (χ1) is 16.0. The van der Waals surface area contributed by atoms with Crippen molar-refractivity contribution in [2.24, 2.45) is 0 Å². The normalized spacial score (nSPS) is 15.2. The van der Waals surface area contributed by atoms with E-state index in [0.717, 1.165) is 40.8 Å². The second-order valence-electron chi connectivity index (χ2n) is 8.59. The first-order valence-electron chi connectivity index (χ1n) is 11.5. The first-order valence-corrected chi connectivity index (χ1v) is 11.5. The molecule has 1 amide bonds. The van der Waals surface area contributed by atoms with E-state index in [4.69, 9.17) is 4.74 Å². The number of hydrogen-bond donors (Lipinski definition) is 3. The summed E-state index contributed by atoms with van der Waals surface area (Å²) in [5.74, 6) is 0.773. The third-order valence-electron chi connectivity index (χ3n) is 6.08. The lowest BCUT2D eigenvalue weighted by Crippen LogP contribution is -2.31. The number of phenols is 1. The van der Waals surface area contributed by atoms with Gasteiger partial charge in [0.25, 0.3) is 5.91 Å². The number of ether oxygens (including phenoxy) is 1. The summed E-state index contributed by atoms with van der Waals surface area (Å²) in [6.45, 7) is 7.06. The molecule has 7 heteroatoms. The summed E-state index contributed by atoms with van der Waals surface area (Å²) in [5.41, 5.74) is 5.15. The van der Waals surface area contributed by atoms with Crippen molar-refractivity contribution < 1.29 is 19.7 Å². The molecule has 0 spiro atoms. The van der Waals surface area contributed by atoms with Gasteiger partial charge in [-0.25, -0.2) is 0 Å². The Morgan fingerprint density at radius 1 is 1.15 bits per heavy atom. The van der Waals surface area contributed by atoms with Crippen molar-refractivity contribution in [2.45, 2.75) is 46.1 Å². The third-order valence-corrected chi connectivity index (χ3v) is 6.08. The van der Waals surface area contributed by atoms with Crippen molar-refractivity contribution >= 4 is 5.91 Å². The molecular formula is C26H31N3O4. The monoisotopic (exact) mass is 449 g/mol. The maximum absolute atomic E-state index is 13.3. The molecule has 4 rings (SSSR count). The van der Waals surface area contributed by atoms with E-state index in [-0.39, 0.29) is 24.3 Å². The van der Waals surface area contributed by atoms with Gasteiger partial charge in [0.1, 0.15) is 22.9 Å². The van der Waals surface area contributed by atoms with E-state index in [2.05, 4.69) is 17.1 Å². The van der Waals surface area contributed by atoms with Crippen LogP contribution in [0, 0.1) is 13.8 Å². The molecule has 2 aromatic carbocycles. The van der Waals surface area contributed by atoms with Gasteiger partial charge in [-0.3, -0.25) is 9.89 Å². The Labute approximate surface area is 194 Å². The third kappa shape index (κ3) is 4.33. The quantitative estimate of drug-likeness (QED) is 0.418. The number of carbonyl (C=O) groups excluding carboxylic acids is 1. The van der Waals surface area contributed by atoms with Gasteiger partial charge in [-0.05, 0) is 61.6 Å². The molecule has 33 heavy (non-hydrogen) atoms. The number of unbranched alkanes of at least 4 members (excludes halogenated alkanes) is 1. The zero-order chi connectivity index (χ0) is 23.5. The number of nitrogens with one attached hydrogen (secondary N) is 1. The highest BCUT2D eigenvalue weighted by atomic mass is 16.5. The maximum Gasteiger partial charge on any atom is 0.273 e. The zero-order valence-corrected chi connectivity index (χ0v) is 19.4. The van der Waals surface area contributed by atoms with Crippen molar-refractivity contribution in [1.29, 1.82) is 0 Å². The highest BCUT2D eigenvalue weighted by Gasteiger charge is 2.42. The highest BCUT2D eigenvalue weighted by Crippen LogP contribution is 2.45. The molecule has 1 atom stereocenters. The minimum Gasteiger partial charge on any atom is -0.507 e. The zero-order valence-electron chi connectivity index (χ0n) is 19.4. The largest absolute Gasteiger partial charge is 0.507 e. The standard InChI is InChI=1S/C26H31N3O4/c1-4-5-13-33-19-9-7-18(8-10-19)25-22-23(21-17(3)14-16(2)15-20(21)31)27-28-24(22)26(32)29(25)11-6-12-30/h7-10,14-15,25,30-31H,4-6,11-13H2,1-3H3,(H,27,28). The Bertz CT molecular complexity index is 1110. The van der Waals surface area contributed by atoms with Crippen molar-refractivity contribution in [3.05, 3.63) is 64.3 Å². The number of aromatic nitrogens is 2. The molecule has 0 bridgehead atoms. The van der Waals surface area contributed by atoms with Gasteiger partial charge in [-0.1, -0.05) is 31.5 Å². The number of aliphatic hydroxyl groups is 1. The van der Waals surface area contributed by atoms with Crippen LogP contribution in [0.3, 0.4) is 0 Å². The number of phenolic OH excluding ortho intramolecular Hbond substituents is 1. The number of aromatic amines is 1. The van der Waals surface area contributed by atoms with Crippen LogP contribution in [0.4, 0.5) is 0 Å². The molecule has 1 aromatic heterocycles. The number of carbonyl (C=O) groups is 1. The van der Waals surface area contributed by atoms with Gasteiger partial charge in [-0.2, -0.15) is 5.10 Å². The van der Waals surface area contributed by atoms with E-state index in [9.17, 15) is 15.0 Å². The number of hydrogen-bond acceptors (Lipinski definition) is 5. The lowest BCUT2D eigenvalue weighted by atomic mass is 9.93. The van der Waals surface area contributed by atoms with Crippen molar-refractivity contribution in [3.8, 4) is 22.8 Å². The van der Waals surface area contributed by atoms with Crippen LogP contribution in [0.25, 0.3) is 11.3 Å². The molecule has 7 nitrogen and oxygen atoms in total. The summed E-state index contributed by atoms with van der Waals surface area (Å²) >= 11 is 0. The summed E-state index contributed by atoms with van der Waals surface area (Å²) in [7, 11) is 0. The fraction of sp³-hybridized carbons (Fsp3) is 0.385. The number of aryl methyl sites for hydroxylation is 2. The van der Waals surface area contributed by atoms with Crippen LogP contribution in [0.1, 0.15) is 65.0 Å². The number of H-pyrrole nitrogens is 1. The average molecular weight is 450 g/mol. The second kappa shape index (κ2) is 9.67. The Hall–Kier alpha value is -3.32. The molecule has 3 aromatic rings. The molecule has 0 fully saturated rings. The molecule has 0 saturated carbocycles. The van der Waals surface area contributed by atoms with Crippen molar-refractivity contribution in [1.82, 2.24) is 15.1 Å². The van der Waals surface area contributed by atoms with E-state index in [1.165, 1.54) is 0 Å². The molecule has 1 aliphatic heterocycles. The molecule has 174 valence electrons. The number of amides is 1. The SMILES string of the molecule is CCCCOc1ccc(C2c3c(-c4c(C)cc(C)cc4O)n[nH]c3C(=O)N2CCCO)cc1. The fourth-order valence-corrected chi connectivity index (χ4v) is 4.54. The van der Waals surface area contributed by atoms with Crippen LogP contribution < -0.4 is 4.74 Å². The minimum atomic E-state index is -0.377. The number of aliphatic hydroxyl groups excluding tert-OH is 1. The van der Waals surface area contributed by atoms with Crippen LogP contribution in [0.15, 0.2) is 36.4 Å². The van der Waals surface area contributed by atoms with Crippen LogP contribution in [0.2, 0.25) is 0 Å². The Morgan fingerprint density at radius 3 is 2.58 bits per heavy atom. The molecule has 2 heterocycles. The van der Waals surface area contributed by atoms with Crippen LogP contribution in [0.5, 0.6) is 11.5 Å². The highest BCUT2D eigenvalue weighted by molar-refractivity contribution is 6.00. The lowest BCUT2D eigenvalue weighted by Gasteiger charge is -2.26. The molecule has 3 N–H and O–H groups in total. The maximum atomic E-state index is 13.3. The Balaban J connectivity index is 1.78. The van der Waals surface area contributed by atoms with Crippen LogP contribution in [-0.2, 0) is 0 Å². The fourth-order valence-electron chi connectivity index (χ4n) is 4.54. The molecule has 1 aliphatic rings. The lowest BCUT2D eigenvalue weighted by molar-refractivity contribution is 0.0732. The van der Waals surface area contributed by atoms with Gasteiger partial charge in [0.2, 0.25) is 0 Å². The number of benzene rings is 2. The Kier molecular flexibility index (Phi) is 6.70. The van der Waals surface area contributed by atoms with Crippen LogP contribution in [-0.4, -0.2) is 51.0 Å². The van der Waals surface area contributed by atoms with E-state index >= 15 is 0 Å². The number of rotatable bonds is 9. The van der Waals surface area contributed by atoms with Crippen molar-refractivity contribution in [3.63, 3.8) is 0 Å². The van der Waals surface area contributed by atoms with Crippen molar-refractivity contribution in [2.75, 3.05) is 19.8 Å². The van der Waals surface area contributed by atoms with Gasteiger partial charge in [0.05, 0.1) is 12.6 Å². The summed E-state index contributed by atoms with van der Waals surface area (Å²) in [6, 6.07) is 11.1. The van der Waals surface area contributed by atoms with Gasteiger partial charge in [0, 0.05) is 24.3 Å². The second-order valence-corrected chi connectivity index (χ2v) is 8.59. The Morgan fingerprint density at radius 2 is 1.91 bits per heavy atom. The van der Waals surface area contributed by atoms with Gasteiger partial charge < -0.3 is 19.8 Å². The predicted octanol–water partition coefficient (Wildman–Crippen LogP) is 4.51. The van der Waals surface area contributed by atoms with Gasteiger partial charge in [-0.15, -0.1) is 0 Å². The molecule has 0 saturated heterocycles. The van der Waals surface area contributed by atoms with Crippen LogP contribution >= 0.6 is 0 Å². The topological polar surface area (TPSA) is 98.7 Å². The number of fused-ring (bicyclic) bond motifs is 1. The summed E-state index contributed by atoms with van der Waals surface area (Å²) in [4.78, 5) is 15.0. The predicted molar refractivity (Wildman–Crippen MR) is 127 cm³/mol. The minimum absolute atomic E-state index is 0.00237. The summed E-state index contributed by atoms with van der Waals surface area (Å²) < 4.78 is 5.80. The molecular weight excluding hydrogens is 418 g/mol. The van der Waals surface area contributed by atoms with E-state index in [1.807, 2.05) is 44.2 Å². The van der Waals surface area contributed by atoms with E-state index in [0.29, 0.717) is 36.5 Å². The number of nitrogens with zero attached hydrogens (tertiary/aromatic N) is 2. The van der Waals surface area contributed by atoms with Gasteiger partial charge in [0.15, 0.2) is 0 Å². The first kappa shape index (κ1) is 22.9. The van der Waals surface area contributed by atoms with E-state index < -0.39 is 0 Å². The molecule has 1 unspecified atom stereocenters. The molecule has 0 aliphatic carbocycles. The molecule has 0 radical (unpaired) electrons. The average Bonchev–Trinajstić information content (AvgIpc) is 3.31. The summed E-state index contributed by atoms with van der Waals surface area (Å²) in [6.07, 6.45) is 2.54. The summed E-state index contributed by atoms with van der Waals surface area (Å²) in [5, 5.41) is 27.5. The smallest absolute Gasteiger partial charge is 0.273 e. The number of aromatic hydroxyl groups is 1. The van der Waals surface area contributed by atoms with E-state index in [1.54, 1.807) is 11.0 Å². The van der Waals surface area contributed by atoms with Gasteiger partial charge >= 0.3 is 0 Å².